The number of hydrogen-bond acceptors (Lipinski definition) is 2. The number of benzene rings is 1. The quantitative estimate of drug-likeness (QED) is 0.619. The summed E-state index contributed by atoms with van der Waals surface area (Å²) in [5.41, 5.74) is 0.609. The molecule has 1 N–H and O–H groups in total. The smallest absolute Gasteiger partial charge is 0.307 e. The zero-order chi connectivity index (χ0) is 11.3. The van der Waals surface area contributed by atoms with Crippen LogP contribution in [0.2, 0.25) is 5.02 Å². The van der Waals surface area contributed by atoms with Gasteiger partial charge in [0.15, 0.2) is 6.19 Å². The zero-order valence-electron chi connectivity index (χ0n) is 8.20. The van der Waals surface area contributed by atoms with Crippen LogP contribution in [0.5, 0.6) is 0 Å². The predicted octanol–water partition coefficient (Wildman–Crippen LogP) is 2.67. The zero-order valence-corrected chi connectivity index (χ0v) is 8.95. The van der Waals surface area contributed by atoms with Crippen LogP contribution in [0.1, 0.15) is 6.92 Å². The van der Waals surface area contributed by atoms with Gasteiger partial charge >= 0.3 is 6.03 Å². The Labute approximate surface area is 93.1 Å². The van der Waals surface area contributed by atoms with Crippen molar-refractivity contribution in [1.29, 1.82) is 5.26 Å². The van der Waals surface area contributed by atoms with E-state index in [0.29, 0.717) is 17.3 Å². The van der Waals surface area contributed by atoms with E-state index in [4.69, 9.17) is 16.9 Å². The van der Waals surface area contributed by atoms with Crippen LogP contribution in [0.4, 0.5) is 10.5 Å². The first-order valence-electron chi connectivity index (χ1n) is 4.41. The van der Waals surface area contributed by atoms with Crippen molar-refractivity contribution < 1.29 is 4.79 Å². The molecule has 5 heteroatoms. The van der Waals surface area contributed by atoms with E-state index in [0.717, 1.165) is 4.90 Å². The highest BCUT2D eigenvalue weighted by Gasteiger charge is 2.09. The van der Waals surface area contributed by atoms with E-state index in [1.165, 1.54) is 0 Å². The summed E-state index contributed by atoms with van der Waals surface area (Å²) in [7, 11) is 0. The van der Waals surface area contributed by atoms with Crippen molar-refractivity contribution in [3.8, 4) is 6.19 Å². The number of rotatable bonds is 2. The average molecular weight is 224 g/mol. The Hall–Kier alpha value is -1.73. The van der Waals surface area contributed by atoms with Crippen molar-refractivity contribution in [1.82, 2.24) is 4.90 Å². The summed E-state index contributed by atoms with van der Waals surface area (Å²) >= 11 is 5.69. The lowest BCUT2D eigenvalue weighted by atomic mass is 10.3. The molecular formula is C10H10ClN3O. The van der Waals surface area contributed by atoms with Gasteiger partial charge in [0.2, 0.25) is 0 Å². The first-order valence-corrected chi connectivity index (χ1v) is 4.79. The minimum atomic E-state index is -0.442. The molecule has 0 aliphatic heterocycles. The maximum Gasteiger partial charge on any atom is 0.335 e. The molecule has 2 amide bonds. The molecule has 1 aromatic rings. The Bertz CT molecular complexity index is 383. The number of urea groups is 1. The summed E-state index contributed by atoms with van der Waals surface area (Å²) in [5.74, 6) is 0. The molecule has 0 aliphatic carbocycles. The highest BCUT2D eigenvalue weighted by Crippen LogP contribution is 2.13. The van der Waals surface area contributed by atoms with Crippen molar-refractivity contribution in [2.45, 2.75) is 6.92 Å². The molecule has 78 valence electrons. The molecule has 0 bridgehead atoms. The van der Waals surface area contributed by atoms with E-state index in [1.807, 2.05) is 0 Å². The monoisotopic (exact) mass is 223 g/mol. The number of anilines is 1. The van der Waals surface area contributed by atoms with Crippen molar-refractivity contribution >= 4 is 23.3 Å². The molecule has 0 unspecified atom stereocenters. The van der Waals surface area contributed by atoms with Gasteiger partial charge in [0.25, 0.3) is 0 Å². The molecule has 1 rings (SSSR count). The van der Waals surface area contributed by atoms with Crippen molar-refractivity contribution in [3.63, 3.8) is 0 Å². The predicted molar refractivity (Wildman–Crippen MR) is 58.5 cm³/mol. The molecule has 4 nitrogen and oxygen atoms in total. The first kappa shape index (κ1) is 11.3. The minimum absolute atomic E-state index is 0.343. The molecule has 0 atom stereocenters. The molecule has 0 saturated carbocycles. The maximum atomic E-state index is 11.4. The van der Waals surface area contributed by atoms with Gasteiger partial charge in [-0.1, -0.05) is 11.6 Å². The van der Waals surface area contributed by atoms with Gasteiger partial charge in [0.05, 0.1) is 0 Å². The Morgan fingerprint density at radius 3 is 2.60 bits per heavy atom. The van der Waals surface area contributed by atoms with E-state index in [1.54, 1.807) is 37.4 Å². The molecule has 0 aromatic heterocycles. The molecule has 0 heterocycles. The number of halogens is 1. The van der Waals surface area contributed by atoms with Crippen LogP contribution in [-0.4, -0.2) is 17.5 Å². The van der Waals surface area contributed by atoms with Gasteiger partial charge in [-0.3, -0.25) is 0 Å². The number of carbonyl (C=O) groups is 1. The Balaban J connectivity index is 2.67. The lowest BCUT2D eigenvalue weighted by Crippen LogP contribution is -2.30. The summed E-state index contributed by atoms with van der Waals surface area (Å²) < 4.78 is 0. The van der Waals surface area contributed by atoms with Crippen LogP contribution in [-0.2, 0) is 0 Å². The third-order valence-electron chi connectivity index (χ3n) is 1.78. The summed E-state index contributed by atoms with van der Waals surface area (Å²) in [6.45, 7) is 2.07. The van der Waals surface area contributed by atoms with E-state index >= 15 is 0 Å². The van der Waals surface area contributed by atoms with Gasteiger partial charge in [-0.15, -0.1) is 0 Å². The molecule has 0 saturated heterocycles. The summed E-state index contributed by atoms with van der Waals surface area (Å²) in [6, 6.07) is 6.23. The highest BCUT2D eigenvalue weighted by atomic mass is 35.5. The number of carbonyl (C=O) groups excluding carboxylic acids is 1. The lowest BCUT2D eigenvalue weighted by molar-refractivity contribution is 0.232. The largest absolute Gasteiger partial charge is 0.335 e. The lowest BCUT2D eigenvalue weighted by Gasteiger charge is -2.12. The highest BCUT2D eigenvalue weighted by molar-refractivity contribution is 6.30. The normalized spacial score (nSPS) is 9.13. The fourth-order valence-electron chi connectivity index (χ4n) is 0.984. The number of nitrogens with zero attached hydrogens (tertiary/aromatic N) is 2. The van der Waals surface area contributed by atoms with Crippen LogP contribution in [0.3, 0.4) is 0 Å². The van der Waals surface area contributed by atoms with Crippen LogP contribution >= 0.6 is 11.6 Å². The molecule has 15 heavy (non-hydrogen) atoms. The second kappa shape index (κ2) is 5.23. The Morgan fingerprint density at radius 1 is 1.53 bits per heavy atom. The molecule has 0 spiro atoms. The Kier molecular flexibility index (Phi) is 3.95. The molecular weight excluding hydrogens is 214 g/mol. The Morgan fingerprint density at radius 2 is 2.13 bits per heavy atom. The third-order valence-corrected chi connectivity index (χ3v) is 2.03. The maximum absolute atomic E-state index is 11.4. The summed E-state index contributed by atoms with van der Waals surface area (Å²) in [4.78, 5) is 12.4. The fraction of sp³-hybridized carbons (Fsp3) is 0.200. The van der Waals surface area contributed by atoms with Crippen molar-refractivity contribution in [2.75, 3.05) is 11.9 Å². The van der Waals surface area contributed by atoms with Crippen LogP contribution in [0, 0.1) is 11.5 Å². The van der Waals surface area contributed by atoms with E-state index < -0.39 is 6.03 Å². The molecule has 0 radical (unpaired) electrons. The number of amides is 2. The topological polar surface area (TPSA) is 56.1 Å². The standard InChI is InChI=1S/C10H10ClN3O/c1-2-14(7-12)10(15)13-9-5-3-8(11)4-6-9/h3-6H,2H2,1H3,(H,13,15). The third kappa shape index (κ3) is 3.15. The SMILES string of the molecule is CCN(C#N)C(=O)Nc1ccc(Cl)cc1. The molecule has 0 fully saturated rings. The van der Waals surface area contributed by atoms with Crippen LogP contribution in [0.15, 0.2) is 24.3 Å². The van der Waals surface area contributed by atoms with Crippen molar-refractivity contribution in [2.24, 2.45) is 0 Å². The van der Waals surface area contributed by atoms with Gasteiger partial charge in [0, 0.05) is 17.3 Å². The molecule has 1 aromatic carbocycles. The number of nitrogens with one attached hydrogen (secondary N) is 1. The molecule has 0 aliphatic rings. The average Bonchev–Trinajstić information content (AvgIpc) is 2.23. The van der Waals surface area contributed by atoms with Crippen molar-refractivity contribution in [3.05, 3.63) is 29.3 Å². The summed E-state index contributed by atoms with van der Waals surface area (Å²) in [5, 5.41) is 11.8. The van der Waals surface area contributed by atoms with Gasteiger partial charge < -0.3 is 5.32 Å². The van der Waals surface area contributed by atoms with Gasteiger partial charge in [0.1, 0.15) is 0 Å². The second-order valence-corrected chi connectivity index (χ2v) is 3.22. The minimum Gasteiger partial charge on any atom is -0.307 e. The number of nitriles is 1. The van der Waals surface area contributed by atoms with Gasteiger partial charge in [-0.25, -0.2) is 9.69 Å². The first-order chi connectivity index (χ1) is 7.17. The van der Waals surface area contributed by atoms with Gasteiger partial charge in [-0.2, -0.15) is 5.26 Å². The van der Waals surface area contributed by atoms with E-state index in [-0.39, 0.29) is 0 Å². The van der Waals surface area contributed by atoms with E-state index in [2.05, 4.69) is 5.32 Å². The second-order valence-electron chi connectivity index (χ2n) is 2.78. The fourth-order valence-corrected chi connectivity index (χ4v) is 1.11. The van der Waals surface area contributed by atoms with Gasteiger partial charge in [-0.05, 0) is 31.2 Å². The summed E-state index contributed by atoms with van der Waals surface area (Å²) in [6.07, 6.45) is 1.78. The van der Waals surface area contributed by atoms with E-state index in [9.17, 15) is 4.79 Å². The van der Waals surface area contributed by atoms with Crippen LogP contribution in [0.25, 0.3) is 0 Å². The number of hydrogen-bond donors (Lipinski definition) is 1. The van der Waals surface area contributed by atoms with Crippen LogP contribution < -0.4 is 5.32 Å².